The lowest BCUT2D eigenvalue weighted by atomic mass is 9.87. The number of amides is 1. The van der Waals surface area contributed by atoms with Crippen LogP contribution in [0.3, 0.4) is 0 Å². The highest BCUT2D eigenvalue weighted by molar-refractivity contribution is 6.30. The van der Waals surface area contributed by atoms with Gasteiger partial charge >= 0.3 is 0 Å². The minimum atomic E-state index is -0.241. The molecule has 6 heteroatoms. The minimum absolute atomic E-state index is 0.0608. The molecular weight excluding hydrogens is 290 g/mol. The number of hydrogen-bond acceptors (Lipinski definition) is 2. The second kappa shape index (κ2) is 5.07. The molecule has 0 aliphatic carbocycles. The Morgan fingerprint density at radius 1 is 1.24 bits per heavy atom. The third-order valence-electron chi connectivity index (χ3n) is 3.75. The molecule has 1 atom stereocenters. The fourth-order valence-corrected chi connectivity index (χ4v) is 2.88. The summed E-state index contributed by atoms with van der Waals surface area (Å²) in [5.41, 5.74) is 1.38. The van der Waals surface area contributed by atoms with Crippen molar-refractivity contribution < 1.29 is 4.79 Å². The standard InChI is InChI=1S/C15H16ClN3O2/c1-8(2)19-14-13(15(21)18-19)11(7-12(20)17-14)9-3-5-10(16)6-4-9/h3-6,8,11H,7H2,1-2H3,(H,17,20)(H,18,21)/t11-/m0/s1. The third-order valence-corrected chi connectivity index (χ3v) is 4.00. The van der Waals surface area contributed by atoms with Gasteiger partial charge in [-0.15, -0.1) is 0 Å². The van der Waals surface area contributed by atoms with E-state index in [2.05, 4.69) is 10.4 Å². The second-order valence-electron chi connectivity index (χ2n) is 5.52. The molecule has 1 amide bonds. The van der Waals surface area contributed by atoms with Crippen molar-refractivity contribution in [2.75, 3.05) is 5.32 Å². The monoisotopic (exact) mass is 305 g/mol. The summed E-state index contributed by atoms with van der Waals surface area (Å²) in [5.74, 6) is 0.247. The van der Waals surface area contributed by atoms with Crippen molar-refractivity contribution in [1.29, 1.82) is 0 Å². The third kappa shape index (κ3) is 2.38. The van der Waals surface area contributed by atoms with E-state index in [0.29, 0.717) is 16.4 Å². The zero-order valence-electron chi connectivity index (χ0n) is 11.8. The number of rotatable bonds is 2. The van der Waals surface area contributed by atoms with Crippen LogP contribution >= 0.6 is 11.6 Å². The van der Waals surface area contributed by atoms with Gasteiger partial charge in [-0.3, -0.25) is 19.4 Å². The number of halogens is 1. The number of anilines is 1. The van der Waals surface area contributed by atoms with Gasteiger partial charge in [-0.05, 0) is 31.5 Å². The molecule has 5 nitrogen and oxygen atoms in total. The van der Waals surface area contributed by atoms with Gasteiger partial charge in [0.05, 0.1) is 5.56 Å². The summed E-state index contributed by atoms with van der Waals surface area (Å²) >= 11 is 5.91. The molecule has 0 saturated heterocycles. The van der Waals surface area contributed by atoms with Crippen molar-refractivity contribution in [2.45, 2.75) is 32.2 Å². The quantitative estimate of drug-likeness (QED) is 0.896. The number of benzene rings is 1. The maximum Gasteiger partial charge on any atom is 0.270 e. The normalized spacial score (nSPS) is 17.7. The smallest absolute Gasteiger partial charge is 0.270 e. The molecule has 0 spiro atoms. The number of aromatic amines is 1. The molecule has 3 rings (SSSR count). The van der Waals surface area contributed by atoms with Gasteiger partial charge in [-0.1, -0.05) is 23.7 Å². The van der Waals surface area contributed by atoms with Crippen LogP contribution in [0.2, 0.25) is 5.02 Å². The lowest BCUT2D eigenvalue weighted by Crippen LogP contribution is -2.27. The number of carbonyl (C=O) groups excluding carboxylic acids is 1. The highest BCUT2D eigenvalue weighted by Crippen LogP contribution is 2.36. The van der Waals surface area contributed by atoms with E-state index in [-0.39, 0.29) is 29.8 Å². The van der Waals surface area contributed by atoms with Crippen LogP contribution in [0.25, 0.3) is 0 Å². The Balaban J connectivity index is 2.16. The molecule has 1 aliphatic rings. The maximum atomic E-state index is 12.3. The molecule has 2 heterocycles. The van der Waals surface area contributed by atoms with Gasteiger partial charge in [0.1, 0.15) is 5.82 Å². The Morgan fingerprint density at radius 3 is 2.52 bits per heavy atom. The van der Waals surface area contributed by atoms with E-state index in [0.717, 1.165) is 5.56 Å². The van der Waals surface area contributed by atoms with Crippen molar-refractivity contribution >= 4 is 23.3 Å². The average Bonchev–Trinajstić information content (AvgIpc) is 2.76. The summed E-state index contributed by atoms with van der Waals surface area (Å²) in [5, 5.41) is 6.25. The predicted octanol–water partition coefficient (Wildman–Crippen LogP) is 2.88. The number of carbonyl (C=O) groups is 1. The van der Waals surface area contributed by atoms with E-state index in [1.54, 1.807) is 16.8 Å². The molecular formula is C15H16ClN3O2. The molecule has 1 aromatic carbocycles. The summed E-state index contributed by atoms with van der Waals surface area (Å²) in [6.45, 7) is 3.91. The molecule has 1 aliphatic heterocycles. The summed E-state index contributed by atoms with van der Waals surface area (Å²) in [6, 6.07) is 7.34. The van der Waals surface area contributed by atoms with Crippen molar-refractivity contribution in [1.82, 2.24) is 9.78 Å². The molecule has 21 heavy (non-hydrogen) atoms. The maximum absolute atomic E-state index is 12.3. The van der Waals surface area contributed by atoms with Crippen LogP contribution < -0.4 is 10.9 Å². The van der Waals surface area contributed by atoms with E-state index in [1.165, 1.54) is 0 Å². The van der Waals surface area contributed by atoms with Crippen molar-refractivity contribution in [2.24, 2.45) is 0 Å². The summed E-state index contributed by atoms with van der Waals surface area (Å²) in [4.78, 5) is 24.3. The fraction of sp³-hybridized carbons (Fsp3) is 0.333. The minimum Gasteiger partial charge on any atom is -0.311 e. The Kier molecular flexibility index (Phi) is 3.37. The van der Waals surface area contributed by atoms with Crippen molar-refractivity contribution in [3.63, 3.8) is 0 Å². The lowest BCUT2D eigenvalue weighted by molar-refractivity contribution is -0.116. The number of nitrogens with zero attached hydrogens (tertiary/aromatic N) is 1. The molecule has 110 valence electrons. The number of H-pyrrole nitrogens is 1. The van der Waals surface area contributed by atoms with Gasteiger partial charge in [0, 0.05) is 23.4 Å². The van der Waals surface area contributed by atoms with Crippen LogP contribution in [0.4, 0.5) is 5.82 Å². The molecule has 0 fully saturated rings. The lowest BCUT2D eigenvalue weighted by Gasteiger charge is -2.24. The van der Waals surface area contributed by atoms with Crippen LogP contribution in [0.5, 0.6) is 0 Å². The van der Waals surface area contributed by atoms with Gasteiger partial charge in [0.15, 0.2) is 0 Å². The summed E-state index contributed by atoms with van der Waals surface area (Å²) in [6.07, 6.45) is 0.264. The van der Waals surface area contributed by atoms with Crippen molar-refractivity contribution in [3.05, 3.63) is 50.8 Å². The molecule has 0 saturated carbocycles. The van der Waals surface area contributed by atoms with Gasteiger partial charge in [0.2, 0.25) is 5.91 Å². The Bertz CT molecular complexity index is 743. The topological polar surface area (TPSA) is 66.9 Å². The number of hydrogen-bond donors (Lipinski definition) is 2. The van der Waals surface area contributed by atoms with Crippen LogP contribution in [0.15, 0.2) is 29.1 Å². The zero-order chi connectivity index (χ0) is 15.1. The number of fused-ring (bicyclic) bond motifs is 1. The Hall–Kier alpha value is -2.01. The predicted molar refractivity (Wildman–Crippen MR) is 82.0 cm³/mol. The first-order valence-electron chi connectivity index (χ1n) is 6.87. The van der Waals surface area contributed by atoms with Crippen LogP contribution in [0.1, 0.15) is 43.4 Å². The van der Waals surface area contributed by atoms with Gasteiger partial charge in [-0.2, -0.15) is 0 Å². The molecule has 0 radical (unpaired) electrons. The SMILES string of the molecule is CC(C)n1[nH]c(=O)c2c1NC(=O)C[C@H]2c1ccc(Cl)cc1. The van der Waals surface area contributed by atoms with Gasteiger partial charge < -0.3 is 5.32 Å². The first kappa shape index (κ1) is 13.9. The van der Waals surface area contributed by atoms with E-state index in [1.807, 2.05) is 26.0 Å². The van der Waals surface area contributed by atoms with Crippen LogP contribution in [0, 0.1) is 0 Å². The molecule has 2 N–H and O–H groups in total. The van der Waals surface area contributed by atoms with E-state index >= 15 is 0 Å². The first-order valence-corrected chi connectivity index (χ1v) is 7.25. The van der Waals surface area contributed by atoms with Gasteiger partial charge in [0.25, 0.3) is 5.56 Å². The van der Waals surface area contributed by atoms with E-state index < -0.39 is 0 Å². The molecule has 1 aromatic heterocycles. The molecule has 0 unspecified atom stereocenters. The Labute approximate surface area is 126 Å². The van der Waals surface area contributed by atoms with E-state index in [9.17, 15) is 9.59 Å². The first-order chi connectivity index (χ1) is 9.97. The highest BCUT2D eigenvalue weighted by atomic mass is 35.5. The van der Waals surface area contributed by atoms with E-state index in [4.69, 9.17) is 11.6 Å². The van der Waals surface area contributed by atoms with Crippen LogP contribution in [-0.4, -0.2) is 15.7 Å². The Morgan fingerprint density at radius 2 is 1.90 bits per heavy atom. The summed E-state index contributed by atoms with van der Waals surface area (Å²) < 4.78 is 1.71. The largest absolute Gasteiger partial charge is 0.311 e. The fourth-order valence-electron chi connectivity index (χ4n) is 2.75. The van der Waals surface area contributed by atoms with Crippen LogP contribution in [-0.2, 0) is 4.79 Å². The zero-order valence-corrected chi connectivity index (χ0v) is 12.6. The molecule has 0 bridgehead atoms. The highest BCUT2D eigenvalue weighted by Gasteiger charge is 2.32. The number of nitrogens with one attached hydrogen (secondary N) is 2. The second-order valence-corrected chi connectivity index (χ2v) is 5.96. The van der Waals surface area contributed by atoms with Gasteiger partial charge in [-0.25, -0.2) is 0 Å². The van der Waals surface area contributed by atoms with Crippen molar-refractivity contribution in [3.8, 4) is 0 Å². The number of aromatic nitrogens is 2. The molecule has 2 aromatic rings. The average molecular weight is 306 g/mol. The summed E-state index contributed by atoms with van der Waals surface area (Å²) in [7, 11) is 0.